The molecule has 128 valence electrons. The van der Waals surface area contributed by atoms with Crippen molar-refractivity contribution in [2.24, 2.45) is 11.8 Å². The molecule has 1 aromatic rings. The van der Waals surface area contributed by atoms with Gasteiger partial charge in [0.1, 0.15) is 0 Å². The number of ether oxygens (including phenoxy) is 1. The van der Waals surface area contributed by atoms with Gasteiger partial charge in [0.05, 0.1) is 0 Å². The van der Waals surface area contributed by atoms with Gasteiger partial charge in [-0.2, -0.15) is 0 Å². The van der Waals surface area contributed by atoms with Gasteiger partial charge in [0, 0.05) is 0 Å². The van der Waals surface area contributed by atoms with Crippen LogP contribution in [0.5, 0.6) is 5.75 Å². The zero-order valence-electron chi connectivity index (χ0n) is 12.6. The van der Waals surface area contributed by atoms with Crippen LogP contribution in [0, 0.1) is 23.5 Å². The summed E-state index contributed by atoms with van der Waals surface area (Å²) in [5.41, 5.74) is 0.443. The molecule has 0 heterocycles. The summed E-state index contributed by atoms with van der Waals surface area (Å²) in [6.07, 6.45) is 2.42. The lowest BCUT2D eigenvalue weighted by Gasteiger charge is -2.39. The average Bonchev–Trinajstić information content (AvgIpc) is 2.49. The highest BCUT2D eigenvalue weighted by atomic mass is 19.4. The first-order valence-corrected chi connectivity index (χ1v) is 8.08. The van der Waals surface area contributed by atoms with Crippen molar-refractivity contribution in [3.8, 4) is 5.75 Å². The largest absolute Gasteiger partial charge is 0.573 e. The number of alkyl halides is 3. The van der Waals surface area contributed by atoms with Crippen LogP contribution in [0.4, 0.5) is 22.0 Å². The van der Waals surface area contributed by atoms with Gasteiger partial charge in [0.2, 0.25) is 5.75 Å². The summed E-state index contributed by atoms with van der Waals surface area (Å²) in [6, 6.07) is 2.00. The topological polar surface area (TPSA) is 9.23 Å². The van der Waals surface area contributed by atoms with Crippen molar-refractivity contribution in [3.05, 3.63) is 29.3 Å². The quantitative estimate of drug-likeness (QED) is 0.608. The van der Waals surface area contributed by atoms with Gasteiger partial charge in [-0.15, -0.1) is 13.2 Å². The van der Waals surface area contributed by atoms with Crippen LogP contribution >= 0.6 is 0 Å². The van der Waals surface area contributed by atoms with E-state index in [9.17, 15) is 22.0 Å². The molecule has 2 fully saturated rings. The third kappa shape index (κ3) is 3.78. The fourth-order valence-corrected chi connectivity index (χ4v) is 4.20. The highest BCUT2D eigenvalue weighted by molar-refractivity contribution is 5.33. The highest BCUT2D eigenvalue weighted by Crippen LogP contribution is 2.46. The molecule has 0 spiro atoms. The lowest BCUT2D eigenvalue weighted by molar-refractivity contribution is -0.276. The number of fused-ring (bicyclic) bond motifs is 1. The minimum absolute atomic E-state index is 0.0123. The summed E-state index contributed by atoms with van der Waals surface area (Å²) in [4.78, 5) is 0. The Morgan fingerprint density at radius 3 is 2.09 bits per heavy atom. The minimum atomic E-state index is -5.11. The number of hydrogen-bond acceptors (Lipinski definition) is 1. The molecule has 0 aliphatic heterocycles. The van der Waals surface area contributed by atoms with Crippen LogP contribution in [0.3, 0.4) is 0 Å². The second kappa shape index (κ2) is 6.29. The first-order chi connectivity index (χ1) is 10.8. The van der Waals surface area contributed by atoms with E-state index in [4.69, 9.17) is 0 Å². The molecule has 0 saturated heterocycles. The van der Waals surface area contributed by atoms with Crippen LogP contribution in [-0.2, 0) is 0 Å². The number of hydrogen-bond donors (Lipinski definition) is 0. The third-order valence-electron chi connectivity index (χ3n) is 5.25. The van der Waals surface area contributed by atoms with Crippen molar-refractivity contribution < 1.29 is 26.7 Å². The van der Waals surface area contributed by atoms with E-state index in [1.54, 1.807) is 0 Å². The molecule has 23 heavy (non-hydrogen) atoms. The Morgan fingerprint density at radius 2 is 1.48 bits per heavy atom. The van der Waals surface area contributed by atoms with Gasteiger partial charge in [0.25, 0.3) is 0 Å². The molecule has 1 nitrogen and oxygen atoms in total. The van der Waals surface area contributed by atoms with Crippen LogP contribution in [-0.4, -0.2) is 6.36 Å². The predicted molar refractivity (Wildman–Crippen MR) is 75.1 cm³/mol. The van der Waals surface area contributed by atoms with Crippen molar-refractivity contribution in [2.45, 2.75) is 57.2 Å². The van der Waals surface area contributed by atoms with Crippen LogP contribution in [0.15, 0.2) is 12.1 Å². The summed E-state index contributed by atoms with van der Waals surface area (Å²) in [5.74, 6) is -2.67. The monoisotopic (exact) mass is 334 g/mol. The van der Waals surface area contributed by atoms with Gasteiger partial charge in [0.15, 0.2) is 11.6 Å². The Bertz CT molecular complexity index is 546. The third-order valence-corrected chi connectivity index (χ3v) is 5.25. The van der Waals surface area contributed by atoms with E-state index in [0.717, 1.165) is 37.8 Å². The lowest BCUT2D eigenvalue weighted by Crippen LogP contribution is -2.27. The van der Waals surface area contributed by atoms with Crippen LogP contribution < -0.4 is 4.74 Å². The molecule has 3 rings (SSSR count). The zero-order valence-corrected chi connectivity index (χ0v) is 12.6. The second-order valence-electron chi connectivity index (χ2n) is 6.68. The number of benzene rings is 1. The molecule has 2 saturated carbocycles. The van der Waals surface area contributed by atoms with Gasteiger partial charge in [-0.3, -0.25) is 0 Å². The maximum atomic E-state index is 13.9. The standard InChI is InChI=1S/C17H19F5O/c18-14-8-13(9-15(19)16(14)23-17(20,21)22)12-6-5-10-3-1-2-4-11(10)7-12/h8-12H,1-7H2. The molecular weight excluding hydrogens is 315 g/mol. The first kappa shape index (κ1) is 16.5. The van der Waals surface area contributed by atoms with Crippen LogP contribution in [0.2, 0.25) is 0 Å². The van der Waals surface area contributed by atoms with Crippen LogP contribution in [0.1, 0.15) is 56.4 Å². The summed E-state index contributed by atoms with van der Waals surface area (Å²) in [5, 5.41) is 0. The Hall–Kier alpha value is -1.33. The molecular formula is C17H19F5O. The van der Waals surface area contributed by atoms with Gasteiger partial charge >= 0.3 is 6.36 Å². The Kier molecular flexibility index (Phi) is 4.52. The highest BCUT2D eigenvalue weighted by Gasteiger charge is 2.36. The van der Waals surface area contributed by atoms with Gasteiger partial charge in [-0.1, -0.05) is 25.7 Å². The Morgan fingerprint density at radius 1 is 0.870 bits per heavy atom. The van der Waals surface area contributed by atoms with Gasteiger partial charge < -0.3 is 4.74 Å². The Balaban J connectivity index is 1.78. The van der Waals surface area contributed by atoms with E-state index in [1.165, 1.54) is 19.3 Å². The van der Waals surface area contributed by atoms with Crippen LogP contribution in [0.25, 0.3) is 0 Å². The van der Waals surface area contributed by atoms with E-state index >= 15 is 0 Å². The van der Waals surface area contributed by atoms with Crippen molar-refractivity contribution in [2.75, 3.05) is 0 Å². The van der Waals surface area contributed by atoms with E-state index < -0.39 is 23.7 Å². The molecule has 2 aliphatic carbocycles. The van der Waals surface area contributed by atoms with E-state index in [1.807, 2.05) is 0 Å². The molecule has 0 radical (unpaired) electrons. The molecule has 3 atom stereocenters. The second-order valence-corrected chi connectivity index (χ2v) is 6.68. The maximum absolute atomic E-state index is 13.9. The lowest BCUT2D eigenvalue weighted by atomic mass is 9.66. The molecule has 6 heteroatoms. The van der Waals surface area contributed by atoms with Crippen molar-refractivity contribution in [1.82, 2.24) is 0 Å². The predicted octanol–water partition coefficient (Wildman–Crippen LogP) is 5.94. The average molecular weight is 334 g/mol. The maximum Gasteiger partial charge on any atom is 0.573 e. The summed E-state index contributed by atoms with van der Waals surface area (Å²) in [7, 11) is 0. The minimum Gasteiger partial charge on any atom is -0.399 e. The number of rotatable bonds is 2. The van der Waals surface area contributed by atoms with Crippen molar-refractivity contribution in [1.29, 1.82) is 0 Å². The van der Waals surface area contributed by atoms with Gasteiger partial charge in [-0.25, -0.2) is 8.78 Å². The Labute approximate surface area is 131 Å². The van der Waals surface area contributed by atoms with Crippen molar-refractivity contribution in [3.63, 3.8) is 0 Å². The molecule has 3 unspecified atom stereocenters. The van der Waals surface area contributed by atoms with E-state index in [-0.39, 0.29) is 5.92 Å². The zero-order chi connectivity index (χ0) is 16.6. The smallest absolute Gasteiger partial charge is 0.399 e. The van der Waals surface area contributed by atoms with E-state index in [0.29, 0.717) is 17.4 Å². The molecule has 0 amide bonds. The molecule has 0 bridgehead atoms. The fraction of sp³-hybridized carbons (Fsp3) is 0.647. The van der Waals surface area contributed by atoms with Gasteiger partial charge in [-0.05, 0) is 54.7 Å². The molecule has 0 aromatic heterocycles. The van der Waals surface area contributed by atoms with Crippen molar-refractivity contribution >= 4 is 0 Å². The molecule has 1 aromatic carbocycles. The fourth-order valence-electron chi connectivity index (χ4n) is 4.20. The SMILES string of the molecule is Fc1cc(C2CCC3CCCCC3C2)cc(F)c1OC(F)(F)F. The molecule has 0 N–H and O–H groups in total. The normalized spacial score (nSPS) is 28.3. The summed E-state index contributed by atoms with van der Waals surface area (Å²) >= 11 is 0. The summed E-state index contributed by atoms with van der Waals surface area (Å²) in [6.45, 7) is 0. The number of halogens is 5. The first-order valence-electron chi connectivity index (χ1n) is 8.08. The summed E-state index contributed by atoms with van der Waals surface area (Å²) < 4.78 is 67.7. The van der Waals surface area contributed by atoms with E-state index in [2.05, 4.69) is 4.74 Å². The molecule has 2 aliphatic rings.